The van der Waals surface area contributed by atoms with Crippen LogP contribution in [0.1, 0.15) is 10.4 Å². The molecule has 0 N–H and O–H groups in total. The van der Waals surface area contributed by atoms with Gasteiger partial charge in [-0.25, -0.2) is 12.7 Å². The van der Waals surface area contributed by atoms with Gasteiger partial charge in [-0.15, -0.1) is 0 Å². The third kappa shape index (κ3) is 2.94. The topological polar surface area (TPSA) is 54.5 Å². The van der Waals surface area contributed by atoms with Crippen LogP contribution in [-0.2, 0) is 10.0 Å². The first-order valence-electron chi connectivity index (χ1n) is 4.06. The molecular weight excluding hydrogens is 238 g/mol. The third-order valence-electron chi connectivity index (χ3n) is 1.86. The molecule has 0 radical (unpaired) electrons. The standard InChI is InChI=1S/C9H10ClNO3S/c1-11(15(2,13)14)9(12)7-4-3-5-8(10)6-7/h3-6H,1-2H3. The van der Waals surface area contributed by atoms with E-state index < -0.39 is 15.9 Å². The molecule has 0 saturated carbocycles. The Bertz CT molecular complexity index is 484. The molecule has 0 unspecified atom stereocenters. The molecule has 0 aromatic heterocycles. The number of hydrogen-bond acceptors (Lipinski definition) is 3. The number of rotatable bonds is 2. The van der Waals surface area contributed by atoms with Crippen molar-refractivity contribution in [1.82, 2.24) is 4.31 Å². The fourth-order valence-corrected chi connectivity index (χ4v) is 1.55. The SMILES string of the molecule is CN(C(=O)c1cccc(Cl)c1)S(C)(=O)=O. The monoisotopic (exact) mass is 247 g/mol. The lowest BCUT2D eigenvalue weighted by molar-refractivity contribution is 0.0884. The van der Waals surface area contributed by atoms with Crippen LogP contribution in [0.5, 0.6) is 0 Å². The van der Waals surface area contributed by atoms with E-state index in [2.05, 4.69) is 0 Å². The lowest BCUT2D eigenvalue weighted by atomic mass is 10.2. The summed E-state index contributed by atoms with van der Waals surface area (Å²) in [6.07, 6.45) is 0.968. The van der Waals surface area contributed by atoms with E-state index in [4.69, 9.17) is 11.6 Å². The van der Waals surface area contributed by atoms with Crippen molar-refractivity contribution in [3.63, 3.8) is 0 Å². The second kappa shape index (κ2) is 4.20. The first-order valence-corrected chi connectivity index (χ1v) is 6.29. The molecule has 0 bridgehead atoms. The molecule has 0 spiro atoms. The van der Waals surface area contributed by atoms with E-state index in [-0.39, 0.29) is 5.56 Å². The maximum Gasteiger partial charge on any atom is 0.267 e. The summed E-state index contributed by atoms with van der Waals surface area (Å²) >= 11 is 5.69. The summed E-state index contributed by atoms with van der Waals surface area (Å²) in [5.74, 6) is -0.597. The van der Waals surface area contributed by atoms with Crippen molar-refractivity contribution < 1.29 is 13.2 Å². The Morgan fingerprint density at radius 3 is 2.47 bits per heavy atom. The van der Waals surface area contributed by atoms with Gasteiger partial charge < -0.3 is 0 Å². The molecule has 1 aromatic carbocycles. The van der Waals surface area contributed by atoms with Crippen LogP contribution in [0, 0.1) is 0 Å². The van der Waals surface area contributed by atoms with Gasteiger partial charge in [-0.3, -0.25) is 4.79 Å². The third-order valence-corrected chi connectivity index (χ3v) is 3.25. The second-order valence-electron chi connectivity index (χ2n) is 3.05. The molecule has 0 atom stereocenters. The fraction of sp³-hybridized carbons (Fsp3) is 0.222. The molecule has 6 heteroatoms. The zero-order chi connectivity index (χ0) is 11.6. The Morgan fingerprint density at radius 2 is 2.00 bits per heavy atom. The highest BCUT2D eigenvalue weighted by molar-refractivity contribution is 7.88. The minimum absolute atomic E-state index is 0.246. The largest absolute Gasteiger partial charge is 0.268 e. The van der Waals surface area contributed by atoms with E-state index in [1.54, 1.807) is 12.1 Å². The van der Waals surface area contributed by atoms with Crippen molar-refractivity contribution in [2.75, 3.05) is 13.3 Å². The second-order valence-corrected chi connectivity index (χ2v) is 5.50. The van der Waals surface area contributed by atoms with Gasteiger partial charge in [0.25, 0.3) is 5.91 Å². The average molecular weight is 248 g/mol. The molecule has 15 heavy (non-hydrogen) atoms. The van der Waals surface area contributed by atoms with Crippen LogP contribution in [-0.4, -0.2) is 31.9 Å². The van der Waals surface area contributed by atoms with E-state index in [1.807, 2.05) is 0 Å². The molecule has 0 aliphatic rings. The van der Waals surface area contributed by atoms with E-state index in [9.17, 15) is 13.2 Å². The number of halogens is 1. The summed E-state index contributed by atoms with van der Waals surface area (Å²) in [5, 5.41) is 0.391. The van der Waals surface area contributed by atoms with Crippen molar-refractivity contribution in [2.24, 2.45) is 0 Å². The number of carbonyl (C=O) groups is 1. The lowest BCUT2D eigenvalue weighted by Crippen LogP contribution is -2.32. The van der Waals surface area contributed by atoms with Crippen molar-refractivity contribution in [3.05, 3.63) is 34.9 Å². The highest BCUT2D eigenvalue weighted by Gasteiger charge is 2.19. The number of benzene rings is 1. The molecule has 1 amide bonds. The van der Waals surface area contributed by atoms with Gasteiger partial charge in [0.05, 0.1) is 6.26 Å². The summed E-state index contributed by atoms with van der Waals surface area (Å²) < 4.78 is 22.9. The molecule has 1 aromatic rings. The fourth-order valence-electron chi connectivity index (χ4n) is 0.954. The molecule has 0 aliphatic carbocycles. The summed E-state index contributed by atoms with van der Waals surface area (Å²) in [6.45, 7) is 0. The van der Waals surface area contributed by atoms with Crippen molar-refractivity contribution >= 4 is 27.5 Å². The Hall–Kier alpha value is -1.07. The highest BCUT2D eigenvalue weighted by atomic mass is 35.5. The Kier molecular flexibility index (Phi) is 3.36. The number of hydrogen-bond donors (Lipinski definition) is 0. The average Bonchev–Trinajstić information content (AvgIpc) is 2.14. The van der Waals surface area contributed by atoms with Gasteiger partial charge >= 0.3 is 0 Å². The zero-order valence-electron chi connectivity index (χ0n) is 8.27. The molecule has 0 fully saturated rings. The lowest BCUT2D eigenvalue weighted by Gasteiger charge is -2.14. The molecular formula is C9H10ClNO3S. The Labute approximate surface area is 93.5 Å². The van der Waals surface area contributed by atoms with E-state index in [1.165, 1.54) is 19.2 Å². The first kappa shape index (κ1) is 12.0. The zero-order valence-corrected chi connectivity index (χ0v) is 9.84. The van der Waals surface area contributed by atoms with Crippen LogP contribution < -0.4 is 0 Å². The van der Waals surface area contributed by atoms with Gasteiger partial charge in [-0.1, -0.05) is 17.7 Å². The Morgan fingerprint density at radius 1 is 1.40 bits per heavy atom. The number of nitrogens with zero attached hydrogens (tertiary/aromatic N) is 1. The molecule has 0 aliphatic heterocycles. The predicted molar refractivity (Wildman–Crippen MR) is 58.4 cm³/mol. The number of carbonyl (C=O) groups excluding carboxylic acids is 1. The summed E-state index contributed by atoms with van der Waals surface area (Å²) in [6, 6.07) is 6.13. The maximum atomic E-state index is 11.6. The molecule has 0 saturated heterocycles. The number of sulfonamides is 1. The van der Waals surface area contributed by atoms with Crippen molar-refractivity contribution in [2.45, 2.75) is 0 Å². The molecule has 0 heterocycles. The van der Waals surface area contributed by atoms with Gasteiger partial charge in [-0.2, -0.15) is 0 Å². The van der Waals surface area contributed by atoms with Crippen molar-refractivity contribution in [1.29, 1.82) is 0 Å². The summed E-state index contributed by atoms with van der Waals surface area (Å²) in [5.41, 5.74) is 0.246. The minimum Gasteiger partial charge on any atom is -0.268 e. The first-order chi connectivity index (χ1) is 6.82. The quantitative estimate of drug-likeness (QED) is 0.793. The normalized spacial score (nSPS) is 11.1. The van der Waals surface area contributed by atoms with Gasteiger partial charge in [0.2, 0.25) is 10.0 Å². The highest BCUT2D eigenvalue weighted by Crippen LogP contribution is 2.13. The minimum atomic E-state index is -3.52. The van der Waals surface area contributed by atoms with E-state index >= 15 is 0 Å². The van der Waals surface area contributed by atoms with Crippen LogP contribution in [0.3, 0.4) is 0 Å². The van der Waals surface area contributed by atoms with Gasteiger partial charge in [0, 0.05) is 17.6 Å². The van der Waals surface area contributed by atoms with E-state index in [0.717, 1.165) is 6.26 Å². The molecule has 82 valence electrons. The predicted octanol–water partition coefficient (Wildman–Crippen LogP) is 1.37. The van der Waals surface area contributed by atoms with E-state index in [0.29, 0.717) is 9.33 Å². The van der Waals surface area contributed by atoms with Crippen LogP contribution in [0.2, 0.25) is 5.02 Å². The molecule has 4 nitrogen and oxygen atoms in total. The number of amides is 1. The summed E-state index contributed by atoms with van der Waals surface area (Å²) in [4.78, 5) is 11.6. The smallest absolute Gasteiger partial charge is 0.267 e. The van der Waals surface area contributed by atoms with Gasteiger partial charge in [0.15, 0.2) is 0 Å². The van der Waals surface area contributed by atoms with Crippen LogP contribution >= 0.6 is 11.6 Å². The van der Waals surface area contributed by atoms with Crippen LogP contribution in [0.4, 0.5) is 0 Å². The van der Waals surface area contributed by atoms with Crippen LogP contribution in [0.25, 0.3) is 0 Å². The summed E-state index contributed by atoms with van der Waals surface area (Å²) in [7, 11) is -2.32. The van der Waals surface area contributed by atoms with Crippen molar-refractivity contribution in [3.8, 4) is 0 Å². The van der Waals surface area contributed by atoms with Crippen LogP contribution in [0.15, 0.2) is 24.3 Å². The maximum absolute atomic E-state index is 11.6. The van der Waals surface area contributed by atoms with Gasteiger partial charge in [0.1, 0.15) is 0 Å². The Balaban J connectivity index is 3.06. The molecule has 1 rings (SSSR count). The van der Waals surface area contributed by atoms with Gasteiger partial charge in [-0.05, 0) is 18.2 Å².